The molecule has 0 N–H and O–H groups in total. The fourth-order valence-electron chi connectivity index (χ4n) is 1.48. The highest BCUT2D eigenvalue weighted by atomic mass is 35.5. The molecule has 7 heteroatoms. The van der Waals surface area contributed by atoms with Crippen molar-refractivity contribution in [2.75, 3.05) is 0 Å². The van der Waals surface area contributed by atoms with Gasteiger partial charge >= 0.3 is 0 Å². The number of pyridine rings is 1. The maximum Gasteiger partial charge on any atom is 0.295 e. The zero-order valence-electron chi connectivity index (χ0n) is 8.73. The van der Waals surface area contributed by atoms with Gasteiger partial charge in [-0.05, 0) is 18.2 Å². The fourth-order valence-corrected chi connectivity index (χ4v) is 1.63. The summed E-state index contributed by atoms with van der Waals surface area (Å²) in [6, 6.07) is 4.94. The lowest BCUT2D eigenvalue weighted by Crippen LogP contribution is -1.96. The molecule has 0 radical (unpaired) electrons. The van der Waals surface area contributed by atoms with Gasteiger partial charge in [-0.3, -0.25) is 10.1 Å². The minimum Gasteiger partial charge on any atom is -0.258 e. The predicted molar refractivity (Wildman–Crippen MR) is 61.3 cm³/mol. The van der Waals surface area contributed by atoms with Crippen molar-refractivity contribution in [3.05, 3.63) is 57.2 Å². The Morgan fingerprint density at radius 3 is 2.33 bits per heavy atom. The van der Waals surface area contributed by atoms with Gasteiger partial charge in [-0.2, -0.15) is 0 Å². The van der Waals surface area contributed by atoms with Crippen LogP contribution in [0.4, 0.5) is 14.5 Å². The summed E-state index contributed by atoms with van der Waals surface area (Å²) in [6.45, 7) is 0. The average molecular weight is 271 g/mol. The Hall–Kier alpha value is -2.08. The van der Waals surface area contributed by atoms with E-state index in [0.717, 1.165) is 18.2 Å². The zero-order chi connectivity index (χ0) is 13.3. The summed E-state index contributed by atoms with van der Waals surface area (Å²) in [6.07, 6.45) is 0. The maximum atomic E-state index is 13.1. The van der Waals surface area contributed by atoms with E-state index < -0.39 is 16.6 Å². The molecule has 1 aromatic heterocycles. The monoisotopic (exact) mass is 270 g/mol. The van der Waals surface area contributed by atoms with E-state index in [4.69, 9.17) is 11.6 Å². The van der Waals surface area contributed by atoms with Gasteiger partial charge in [0.2, 0.25) is 0 Å². The molecule has 18 heavy (non-hydrogen) atoms. The molecular formula is C11H5ClF2N2O2. The first-order valence-corrected chi connectivity index (χ1v) is 5.12. The first-order chi connectivity index (χ1) is 8.47. The number of aromatic nitrogens is 1. The molecule has 0 saturated heterocycles. The Morgan fingerprint density at radius 2 is 1.78 bits per heavy atom. The summed E-state index contributed by atoms with van der Waals surface area (Å²) < 4.78 is 26.2. The fraction of sp³-hybridized carbons (Fsp3) is 0. The van der Waals surface area contributed by atoms with Crippen molar-refractivity contribution in [1.82, 2.24) is 4.98 Å². The molecule has 0 unspecified atom stereocenters. The molecule has 92 valence electrons. The van der Waals surface area contributed by atoms with E-state index in [1.54, 1.807) is 0 Å². The van der Waals surface area contributed by atoms with Gasteiger partial charge in [0, 0.05) is 17.7 Å². The molecule has 0 fully saturated rings. The van der Waals surface area contributed by atoms with E-state index in [1.165, 1.54) is 6.07 Å². The van der Waals surface area contributed by atoms with Crippen LogP contribution >= 0.6 is 11.6 Å². The van der Waals surface area contributed by atoms with Crippen molar-refractivity contribution >= 4 is 17.3 Å². The van der Waals surface area contributed by atoms with Crippen LogP contribution in [0.5, 0.6) is 0 Å². The van der Waals surface area contributed by atoms with Gasteiger partial charge in [-0.1, -0.05) is 11.6 Å². The second kappa shape index (κ2) is 4.66. The number of rotatable bonds is 2. The van der Waals surface area contributed by atoms with Gasteiger partial charge in [-0.25, -0.2) is 13.8 Å². The Morgan fingerprint density at radius 1 is 1.17 bits per heavy atom. The molecule has 2 rings (SSSR count). The molecule has 0 aliphatic rings. The normalized spacial score (nSPS) is 10.4. The molecule has 0 aliphatic carbocycles. The molecule has 0 atom stereocenters. The summed E-state index contributed by atoms with van der Waals surface area (Å²) >= 11 is 5.63. The Labute approximate surface area is 105 Å². The molecule has 0 saturated carbocycles. The molecule has 0 bridgehead atoms. The van der Waals surface area contributed by atoms with E-state index >= 15 is 0 Å². The Kier molecular flexibility index (Phi) is 3.20. The van der Waals surface area contributed by atoms with Crippen LogP contribution in [-0.4, -0.2) is 9.91 Å². The van der Waals surface area contributed by atoms with Crippen LogP contribution in [0.15, 0.2) is 30.3 Å². The number of hydrogen-bond acceptors (Lipinski definition) is 3. The average Bonchev–Trinajstić information content (AvgIpc) is 2.27. The third-order valence-corrected chi connectivity index (χ3v) is 2.38. The van der Waals surface area contributed by atoms with E-state index in [-0.39, 0.29) is 22.1 Å². The van der Waals surface area contributed by atoms with Crippen LogP contribution in [0.3, 0.4) is 0 Å². The molecule has 0 aliphatic heterocycles. The van der Waals surface area contributed by atoms with Crippen LogP contribution in [0, 0.1) is 21.7 Å². The SMILES string of the molecule is O=[N+]([O-])c1ccc(Cl)nc1-c1cc(F)cc(F)c1. The second-order valence-corrected chi connectivity index (χ2v) is 3.80. The zero-order valence-corrected chi connectivity index (χ0v) is 9.49. The Balaban J connectivity index is 2.68. The van der Waals surface area contributed by atoms with Gasteiger partial charge in [0.1, 0.15) is 22.5 Å². The molecular weight excluding hydrogens is 266 g/mol. The lowest BCUT2D eigenvalue weighted by molar-refractivity contribution is -0.384. The number of hydrogen-bond donors (Lipinski definition) is 0. The van der Waals surface area contributed by atoms with Crippen molar-refractivity contribution in [2.24, 2.45) is 0 Å². The number of nitro groups is 1. The van der Waals surface area contributed by atoms with Crippen LogP contribution in [-0.2, 0) is 0 Å². The minimum atomic E-state index is -0.846. The lowest BCUT2D eigenvalue weighted by atomic mass is 10.1. The topological polar surface area (TPSA) is 56.0 Å². The predicted octanol–water partition coefficient (Wildman–Crippen LogP) is 3.59. The molecule has 0 amide bonds. The number of nitrogens with zero attached hydrogens (tertiary/aromatic N) is 2. The highest BCUT2D eigenvalue weighted by molar-refractivity contribution is 6.29. The number of halogens is 3. The van der Waals surface area contributed by atoms with Crippen molar-refractivity contribution in [1.29, 1.82) is 0 Å². The second-order valence-electron chi connectivity index (χ2n) is 3.42. The molecule has 4 nitrogen and oxygen atoms in total. The van der Waals surface area contributed by atoms with Crippen LogP contribution in [0.1, 0.15) is 0 Å². The van der Waals surface area contributed by atoms with Crippen molar-refractivity contribution < 1.29 is 13.7 Å². The van der Waals surface area contributed by atoms with Gasteiger partial charge < -0.3 is 0 Å². The maximum absolute atomic E-state index is 13.1. The van der Waals surface area contributed by atoms with E-state index in [2.05, 4.69) is 4.98 Å². The van der Waals surface area contributed by atoms with Gasteiger partial charge in [0.05, 0.1) is 4.92 Å². The van der Waals surface area contributed by atoms with Crippen molar-refractivity contribution in [3.8, 4) is 11.3 Å². The third kappa shape index (κ3) is 2.43. The van der Waals surface area contributed by atoms with Gasteiger partial charge in [0.25, 0.3) is 5.69 Å². The largest absolute Gasteiger partial charge is 0.295 e. The van der Waals surface area contributed by atoms with Gasteiger partial charge in [0.15, 0.2) is 0 Å². The van der Waals surface area contributed by atoms with Crippen molar-refractivity contribution in [3.63, 3.8) is 0 Å². The molecule has 2 aromatic rings. The summed E-state index contributed by atoms with van der Waals surface area (Å²) in [4.78, 5) is 13.9. The van der Waals surface area contributed by atoms with Crippen LogP contribution in [0.2, 0.25) is 5.15 Å². The lowest BCUT2D eigenvalue weighted by Gasteiger charge is -2.03. The van der Waals surface area contributed by atoms with Gasteiger partial charge in [-0.15, -0.1) is 0 Å². The first kappa shape index (κ1) is 12.4. The molecule has 1 aromatic carbocycles. The highest BCUT2D eigenvalue weighted by Gasteiger charge is 2.18. The minimum absolute atomic E-state index is 0.000249. The number of benzene rings is 1. The first-order valence-electron chi connectivity index (χ1n) is 4.75. The summed E-state index contributed by atoms with van der Waals surface area (Å²) in [5.74, 6) is -1.69. The molecule has 0 spiro atoms. The third-order valence-electron chi connectivity index (χ3n) is 2.17. The summed E-state index contributed by atoms with van der Waals surface area (Å²) in [5, 5.41) is 10.8. The van der Waals surface area contributed by atoms with E-state index in [9.17, 15) is 18.9 Å². The van der Waals surface area contributed by atoms with Crippen LogP contribution < -0.4 is 0 Å². The van der Waals surface area contributed by atoms with Crippen molar-refractivity contribution in [2.45, 2.75) is 0 Å². The molecule has 1 heterocycles. The van der Waals surface area contributed by atoms with E-state index in [0.29, 0.717) is 6.07 Å². The summed E-state index contributed by atoms with van der Waals surface area (Å²) in [5.41, 5.74) is -0.586. The highest BCUT2D eigenvalue weighted by Crippen LogP contribution is 2.30. The van der Waals surface area contributed by atoms with Crippen LogP contribution in [0.25, 0.3) is 11.3 Å². The smallest absolute Gasteiger partial charge is 0.258 e. The Bertz CT molecular complexity index is 614. The van der Waals surface area contributed by atoms with E-state index in [1.807, 2.05) is 0 Å². The quantitative estimate of drug-likeness (QED) is 0.476. The standard InChI is InChI=1S/C11H5ClF2N2O2/c12-10-2-1-9(16(17)18)11(15-10)6-3-7(13)5-8(14)4-6/h1-5H. The summed E-state index contributed by atoms with van der Waals surface area (Å²) in [7, 11) is 0.